The van der Waals surface area contributed by atoms with Crippen molar-refractivity contribution in [1.82, 2.24) is 4.98 Å². The molecule has 0 aliphatic heterocycles. The molecule has 0 fully saturated rings. The van der Waals surface area contributed by atoms with Crippen LogP contribution in [0.15, 0.2) is 30.3 Å². The highest BCUT2D eigenvalue weighted by Crippen LogP contribution is 2.27. The van der Waals surface area contributed by atoms with Gasteiger partial charge < -0.3 is 19.8 Å². The molecule has 6 heteroatoms. The SMILES string of the molecule is COC(=O)Cc1cc(N(CCO)CCO)c2ccccc2n1. The van der Waals surface area contributed by atoms with Gasteiger partial charge in [0, 0.05) is 24.2 Å². The van der Waals surface area contributed by atoms with Crippen molar-refractivity contribution < 1.29 is 19.7 Å². The van der Waals surface area contributed by atoms with Crippen molar-refractivity contribution in [3.63, 3.8) is 0 Å². The molecule has 2 rings (SSSR count). The Morgan fingerprint density at radius 1 is 1.23 bits per heavy atom. The fraction of sp³-hybridized carbons (Fsp3) is 0.375. The summed E-state index contributed by atoms with van der Waals surface area (Å²) < 4.78 is 4.69. The number of pyridine rings is 1. The number of esters is 1. The van der Waals surface area contributed by atoms with Crippen molar-refractivity contribution >= 4 is 22.6 Å². The molecule has 0 unspecified atom stereocenters. The van der Waals surface area contributed by atoms with Crippen LogP contribution in [0.5, 0.6) is 0 Å². The van der Waals surface area contributed by atoms with E-state index in [2.05, 4.69) is 9.72 Å². The number of aliphatic hydroxyl groups excluding tert-OH is 2. The van der Waals surface area contributed by atoms with Gasteiger partial charge in [0.25, 0.3) is 0 Å². The summed E-state index contributed by atoms with van der Waals surface area (Å²) in [5, 5.41) is 19.4. The lowest BCUT2D eigenvalue weighted by atomic mass is 10.1. The smallest absolute Gasteiger partial charge is 0.311 e. The minimum atomic E-state index is -0.357. The lowest BCUT2D eigenvalue weighted by Gasteiger charge is -2.25. The maximum Gasteiger partial charge on any atom is 0.311 e. The number of benzene rings is 1. The number of hydrogen-bond acceptors (Lipinski definition) is 6. The molecule has 0 aliphatic rings. The highest BCUT2D eigenvalue weighted by molar-refractivity contribution is 5.92. The third kappa shape index (κ3) is 3.72. The van der Waals surface area contributed by atoms with Crippen LogP contribution in [-0.4, -0.2) is 54.6 Å². The zero-order chi connectivity index (χ0) is 15.9. The average molecular weight is 304 g/mol. The molecule has 6 nitrogen and oxygen atoms in total. The van der Waals surface area contributed by atoms with Crippen LogP contribution in [0.4, 0.5) is 5.69 Å². The molecule has 0 aliphatic carbocycles. The first-order chi connectivity index (χ1) is 10.7. The van der Waals surface area contributed by atoms with Gasteiger partial charge in [0.1, 0.15) is 0 Å². The molecule has 22 heavy (non-hydrogen) atoms. The number of para-hydroxylation sites is 1. The molecular formula is C16H20N2O4. The maximum atomic E-state index is 11.5. The first-order valence-electron chi connectivity index (χ1n) is 7.11. The topological polar surface area (TPSA) is 82.9 Å². The first-order valence-corrected chi connectivity index (χ1v) is 7.11. The van der Waals surface area contributed by atoms with Crippen molar-refractivity contribution in [2.45, 2.75) is 6.42 Å². The van der Waals surface area contributed by atoms with Crippen molar-refractivity contribution in [1.29, 1.82) is 0 Å². The van der Waals surface area contributed by atoms with E-state index in [9.17, 15) is 15.0 Å². The van der Waals surface area contributed by atoms with Crippen molar-refractivity contribution in [3.05, 3.63) is 36.0 Å². The number of carbonyl (C=O) groups excluding carboxylic acids is 1. The summed E-state index contributed by atoms with van der Waals surface area (Å²) in [6, 6.07) is 9.40. The number of ether oxygens (including phenoxy) is 1. The van der Waals surface area contributed by atoms with Gasteiger partial charge in [-0.05, 0) is 12.1 Å². The number of aliphatic hydroxyl groups is 2. The predicted molar refractivity (Wildman–Crippen MR) is 83.8 cm³/mol. The third-order valence-corrected chi connectivity index (χ3v) is 3.38. The monoisotopic (exact) mass is 304 g/mol. The van der Waals surface area contributed by atoms with E-state index in [0.29, 0.717) is 18.8 Å². The van der Waals surface area contributed by atoms with Crippen LogP contribution < -0.4 is 4.90 Å². The highest BCUT2D eigenvalue weighted by atomic mass is 16.5. The lowest BCUT2D eigenvalue weighted by molar-refractivity contribution is -0.139. The number of fused-ring (bicyclic) bond motifs is 1. The van der Waals surface area contributed by atoms with Gasteiger partial charge in [0.2, 0.25) is 0 Å². The van der Waals surface area contributed by atoms with Crippen LogP contribution in [0, 0.1) is 0 Å². The quantitative estimate of drug-likeness (QED) is 0.734. The van der Waals surface area contributed by atoms with Gasteiger partial charge in [-0.3, -0.25) is 9.78 Å². The largest absolute Gasteiger partial charge is 0.469 e. The molecule has 1 aromatic carbocycles. The van der Waals surface area contributed by atoms with E-state index in [0.717, 1.165) is 16.6 Å². The average Bonchev–Trinajstić information content (AvgIpc) is 2.53. The van der Waals surface area contributed by atoms with Gasteiger partial charge in [0.15, 0.2) is 0 Å². The number of aromatic nitrogens is 1. The van der Waals surface area contributed by atoms with Crippen LogP contribution in [0.2, 0.25) is 0 Å². The van der Waals surface area contributed by atoms with Gasteiger partial charge in [-0.25, -0.2) is 0 Å². The Balaban J connectivity index is 2.50. The minimum absolute atomic E-state index is 0.0248. The van der Waals surface area contributed by atoms with Crippen LogP contribution in [-0.2, 0) is 16.0 Å². The molecule has 0 saturated carbocycles. The van der Waals surface area contributed by atoms with Crippen LogP contribution in [0.3, 0.4) is 0 Å². The number of nitrogens with zero attached hydrogens (tertiary/aromatic N) is 2. The lowest BCUT2D eigenvalue weighted by Crippen LogP contribution is -2.30. The molecule has 1 aromatic heterocycles. The van der Waals surface area contributed by atoms with E-state index in [4.69, 9.17) is 0 Å². The zero-order valence-corrected chi connectivity index (χ0v) is 12.5. The minimum Gasteiger partial charge on any atom is -0.469 e. The molecule has 0 spiro atoms. The summed E-state index contributed by atoms with van der Waals surface area (Å²) in [6.07, 6.45) is 0.0838. The Bertz CT molecular complexity index is 639. The van der Waals surface area contributed by atoms with E-state index < -0.39 is 0 Å². The van der Waals surface area contributed by atoms with Crippen molar-refractivity contribution in [2.75, 3.05) is 38.3 Å². The number of anilines is 1. The Kier molecular flexibility index (Phi) is 5.68. The summed E-state index contributed by atoms with van der Waals surface area (Å²) in [7, 11) is 1.34. The Labute approximate surface area is 129 Å². The van der Waals surface area contributed by atoms with Gasteiger partial charge in [0.05, 0.1) is 38.0 Å². The maximum absolute atomic E-state index is 11.5. The molecule has 0 atom stereocenters. The molecule has 118 valence electrons. The Morgan fingerprint density at radius 3 is 2.55 bits per heavy atom. The predicted octanol–water partition coefficient (Wildman–Crippen LogP) is 0.741. The summed E-state index contributed by atoms with van der Waals surface area (Å²) >= 11 is 0. The molecule has 0 amide bonds. The van der Waals surface area contributed by atoms with E-state index in [-0.39, 0.29) is 25.6 Å². The highest BCUT2D eigenvalue weighted by Gasteiger charge is 2.14. The van der Waals surface area contributed by atoms with E-state index >= 15 is 0 Å². The van der Waals surface area contributed by atoms with Gasteiger partial charge >= 0.3 is 5.97 Å². The molecule has 0 saturated heterocycles. The summed E-state index contributed by atoms with van der Waals surface area (Å²) in [6.45, 7) is 0.741. The normalized spacial score (nSPS) is 10.7. The standard InChI is InChI=1S/C16H20N2O4/c1-22-16(21)11-12-10-15(18(6-8-19)7-9-20)13-4-2-3-5-14(13)17-12/h2-5,10,19-20H,6-9,11H2,1H3. The van der Waals surface area contributed by atoms with Crippen LogP contribution in [0.25, 0.3) is 10.9 Å². The number of carbonyl (C=O) groups is 1. The molecule has 0 bridgehead atoms. The summed E-state index contributed by atoms with van der Waals surface area (Å²) in [5.74, 6) is -0.357. The molecular weight excluding hydrogens is 284 g/mol. The first kappa shape index (κ1) is 16.2. The molecule has 0 radical (unpaired) electrons. The zero-order valence-electron chi connectivity index (χ0n) is 12.5. The van der Waals surface area contributed by atoms with Crippen molar-refractivity contribution in [2.24, 2.45) is 0 Å². The van der Waals surface area contributed by atoms with Gasteiger partial charge in [-0.1, -0.05) is 18.2 Å². The van der Waals surface area contributed by atoms with Crippen molar-refractivity contribution in [3.8, 4) is 0 Å². The number of methoxy groups -OCH3 is 1. The van der Waals surface area contributed by atoms with E-state index in [1.807, 2.05) is 35.2 Å². The van der Waals surface area contributed by atoms with E-state index in [1.54, 1.807) is 0 Å². The summed E-state index contributed by atoms with van der Waals surface area (Å²) in [5.41, 5.74) is 2.20. The fourth-order valence-corrected chi connectivity index (χ4v) is 2.38. The molecule has 1 heterocycles. The molecule has 2 N–H and O–H groups in total. The van der Waals surface area contributed by atoms with Gasteiger partial charge in [-0.15, -0.1) is 0 Å². The second-order valence-electron chi connectivity index (χ2n) is 4.84. The third-order valence-electron chi connectivity index (χ3n) is 3.38. The second kappa shape index (κ2) is 7.72. The fourth-order valence-electron chi connectivity index (χ4n) is 2.38. The summed E-state index contributed by atoms with van der Waals surface area (Å²) in [4.78, 5) is 17.8. The molecule has 2 aromatic rings. The number of hydrogen-bond donors (Lipinski definition) is 2. The Morgan fingerprint density at radius 2 is 1.91 bits per heavy atom. The number of rotatable bonds is 7. The van der Waals surface area contributed by atoms with Crippen LogP contribution in [0.1, 0.15) is 5.69 Å². The second-order valence-corrected chi connectivity index (χ2v) is 4.84. The van der Waals surface area contributed by atoms with Gasteiger partial charge in [-0.2, -0.15) is 0 Å². The van der Waals surface area contributed by atoms with E-state index in [1.165, 1.54) is 7.11 Å². The Hall–Kier alpha value is -2.18. The van der Waals surface area contributed by atoms with Crippen LogP contribution >= 0.6 is 0 Å².